The second-order valence-corrected chi connectivity index (χ2v) is 8.81. The van der Waals surface area contributed by atoms with Gasteiger partial charge in [-0.2, -0.15) is 0 Å². The molecule has 2 aromatic heterocycles. The van der Waals surface area contributed by atoms with Gasteiger partial charge in [0.05, 0.1) is 11.9 Å². The second kappa shape index (κ2) is 7.09. The highest BCUT2D eigenvalue weighted by atomic mass is 16.2. The number of nitrogens with one attached hydrogen (secondary N) is 1. The van der Waals surface area contributed by atoms with Crippen molar-refractivity contribution >= 4 is 17.4 Å². The molecule has 0 unspecified atom stereocenters. The maximum atomic E-state index is 11.5. The van der Waals surface area contributed by atoms with E-state index in [4.69, 9.17) is 4.98 Å². The predicted octanol–water partition coefficient (Wildman–Crippen LogP) is 2.32. The fraction of sp³-hybridized carbons (Fsp3) is 0.435. The summed E-state index contributed by atoms with van der Waals surface area (Å²) >= 11 is 0. The first-order valence-corrected chi connectivity index (χ1v) is 10.9. The van der Waals surface area contributed by atoms with Crippen LogP contribution in [0.25, 0.3) is 16.9 Å². The van der Waals surface area contributed by atoms with Crippen LogP contribution in [0.5, 0.6) is 0 Å². The monoisotopic (exact) mass is 402 g/mol. The average molecular weight is 403 g/mol. The summed E-state index contributed by atoms with van der Waals surface area (Å²) in [7, 11) is 0. The van der Waals surface area contributed by atoms with Crippen molar-refractivity contribution in [3.63, 3.8) is 0 Å². The molecule has 3 fully saturated rings. The Balaban J connectivity index is 1.21. The van der Waals surface area contributed by atoms with E-state index in [1.54, 1.807) is 0 Å². The second-order valence-electron chi connectivity index (χ2n) is 8.81. The van der Waals surface area contributed by atoms with Gasteiger partial charge < -0.3 is 10.2 Å². The summed E-state index contributed by atoms with van der Waals surface area (Å²) in [6, 6.07) is 9.14. The molecular formula is C23H26N6O. The number of carbonyl (C=O) groups is 1. The molecule has 6 rings (SSSR count). The summed E-state index contributed by atoms with van der Waals surface area (Å²) in [5, 5.41) is 3.10. The molecule has 0 spiro atoms. The lowest BCUT2D eigenvalue weighted by molar-refractivity contribution is -0.119. The maximum absolute atomic E-state index is 11.5. The Morgan fingerprint density at radius 3 is 2.70 bits per heavy atom. The molecule has 0 bridgehead atoms. The summed E-state index contributed by atoms with van der Waals surface area (Å²) < 4.78 is 2.15. The van der Waals surface area contributed by atoms with Gasteiger partial charge in [-0.15, -0.1) is 0 Å². The molecule has 1 N–H and O–H groups in total. The van der Waals surface area contributed by atoms with Gasteiger partial charge in [0.2, 0.25) is 5.91 Å². The molecule has 1 amide bonds. The molecule has 3 aliphatic heterocycles. The normalized spacial score (nSPS) is 24.0. The molecule has 30 heavy (non-hydrogen) atoms. The van der Waals surface area contributed by atoms with Crippen LogP contribution in [0, 0.1) is 5.92 Å². The van der Waals surface area contributed by atoms with Gasteiger partial charge in [0.1, 0.15) is 0 Å². The lowest BCUT2D eigenvalue weighted by Crippen LogP contribution is -2.32. The minimum absolute atomic E-state index is 0.213. The Hall–Kier alpha value is -2.93. The van der Waals surface area contributed by atoms with Crippen molar-refractivity contribution in [2.45, 2.75) is 31.8 Å². The van der Waals surface area contributed by atoms with E-state index in [1.165, 1.54) is 18.4 Å². The Kier molecular flexibility index (Phi) is 4.23. The number of fused-ring (bicyclic) bond motifs is 2. The van der Waals surface area contributed by atoms with Crippen LogP contribution in [0.2, 0.25) is 0 Å². The van der Waals surface area contributed by atoms with Crippen LogP contribution < -0.4 is 10.2 Å². The number of rotatable bonds is 4. The summed E-state index contributed by atoms with van der Waals surface area (Å²) in [5.41, 5.74) is 4.50. The largest absolute Gasteiger partial charge is 0.354 e. The van der Waals surface area contributed by atoms with Crippen molar-refractivity contribution in [1.82, 2.24) is 24.6 Å². The van der Waals surface area contributed by atoms with Gasteiger partial charge in [0.15, 0.2) is 11.5 Å². The van der Waals surface area contributed by atoms with E-state index in [0.29, 0.717) is 18.4 Å². The quantitative estimate of drug-likeness (QED) is 0.726. The van der Waals surface area contributed by atoms with E-state index in [9.17, 15) is 4.79 Å². The first-order chi connectivity index (χ1) is 14.7. The highest BCUT2D eigenvalue weighted by Gasteiger charge is 2.39. The zero-order valence-electron chi connectivity index (χ0n) is 17.0. The maximum Gasteiger partial charge on any atom is 0.220 e. The standard InChI is InChI=1S/C23H26N6O/c30-21-11-18-14-27(15-19(18)26-21)13-16-3-5-17(6-4-16)20-12-25-23-22(24-7-10-29(20)23)28-8-1-2-9-28/h3-7,10,12,18-19H,1-2,8-9,11,13-15H2,(H,26,30)/t18-,19+/m0/s1. The Morgan fingerprint density at radius 2 is 1.90 bits per heavy atom. The molecule has 3 aliphatic rings. The number of nitrogens with zero attached hydrogens (tertiary/aromatic N) is 5. The third kappa shape index (κ3) is 3.04. The van der Waals surface area contributed by atoms with Crippen molar-refractivity contribution in [2.24, 2.45) is 5.92 Å². The minimum atomic E-state index is 0.213. The number of carbonyl (C=O) groups excluding carboxylic acids is 1. The van der Waals surface area contributed by atoms with Crippen LogP contribution in [0.15, 0.2) is 42.9 Å². The topological polar surface area (TPSA) is 65.8 Å². The van der Waals surface area contributed by atoms with Crippen LogP contribution in [-0.2, 0) is 11.3 Å². The Morgan fingerprint density at radius 1 is 1.07 bits per heavy atom. The summed E-state index contributed by atoms with van der Waals surface area (Å²) in [6.45, 7) is 5.01. The number of anilines is 1. The number of likely N-dealkylation sites (tertiary alicyclic amines) is 1. The molecular weight excluding hydrogens is 376 g/mol. The van der Waals surface area contributed by atoms with Crippen LogP contribution in [0.3, 0.4) is 0 Å². The SMILES string of the molecule is O=C1C[C@H]2CN(Cc3ccc(-c4cnc5c(N6CCCC6)nccn45)cc3)C[C@H]2N1. The highest BCUT2D eigenvalue weighted by molar-refractivity contribution is 5.79. The average Bonchev–Trinajstić information content (AvgIpc) is 3.52. The van der Waals surface area contributed by atoms with Crippen LogP contribution in [0.1, 0.15) is 24.8 Å². The lowest BCUT2D eigenvalue weighted by Gasteiger charge is -2.17. The predicted molar refractivity (Wildman–Crippen MR) is 115 cm³/mol. The number of hydrogen-bond donors (Lipinski definition) is 1. The summed E-state index contributed by atoms with van der Waals surface area (Å²) in [4.78, 5) is 25.6. The number of amides is 1. The first kappa shape index (κ1) is 17.9. The van der Waals surface area contributed by atoms with Crippen molar-refractivity contribution in [3.8, 4) is 11.3 Å². The molecule has 154 valence electrons. The third-order valence-corrected chi connectivity index (χ3v) is 6.78. The molecule has 0 saturated carbocycles. The Bertz CT molecular complexity index is 1070. The number of benzene rings is 1. The molecule has 5 heterocycles. The smallest absolute Gasteiger partial charge is 0.220 e. The molecule has 1 aromatic carbocycles. The van der Waals surface area contributed by atoms with Crippen LogP contribution >= 0.6 is 0 Å². The first-order valence-electron chi connectivity index (χ1n) is 10.9. The zero-order chi connectivity index (χ0) is 20.1. The molecule has 0 aliphatic carbocycles. The lowest BCUT2D eigenvalue weighted by atomic mass is 10.1. The van der Waals surface area contributed by atoms with Gasteiger partial charge in [-0.1, -0.05) is 24.3 Å². The van der Waals surface area contributed by atoms with Gasteiger partial charge in [0, 0.05) is 69.1 Å². The van der Waals surface area contributed by atoms with E-state index in [2.05, 4.69) is 48.8 Å². The molecule has 3 aromatic rings. The van der Waals surface area contributed by atoms with Crippen molar-refractivity contribution in [2.75, 3.05) is 31.1 Å². The number of aromatic nitrogens is 3. The van der Waals surface area contributed by atoms with Gasteiger partial charge in [0.25, 0.3) is 0 Å². The molecule has 7 nitrogen and oxygen atoms in total. The summed E-state index contributed by atoms with van der Waals surface area (Å²) in [5.74, 6) is 1.68. The number of hydrogen-bond acceptors (Lipinski definition) is 5. The van der Waals surface area contributed by atoms with Gasteiger partial charge in [-0.3, -0.25) is 14.1 Å². The van der Waals surface area contributed by atoms with E-state index in [0.717, 1.165) is 55.4 Å². The van der Waals surface area contributed by atoms with Gasteiger partial charge in [-0.05, 0) is 18.4 Å². The van der Waals surface area contributed by atoms with E-state index in [1.807, 2.05) is 18.6 Å². The highest BCUT2D eigenvalue weighted by Crippen LogP contribution is 2.29. The Labute approximate surface area is 175 Å². The molecule has 0 radical (unpaired) electrons. The molecule has 2 atom stereocenters. The van der Waals surface area contributed by atoms with E-state index >= 15 is 0 Å². The number of imidazole rings is 1. The third-order valence-electron chi connectivity index (χ3n) is 6.78. The van der Waals surface area contributed by atoms with E-state index < -0.39 is 0 Å². The van der Waals surface area contributed by atoms with Gasteiger partial charge in [-0.25, -0.2) is 9.97 Å². The van der Waals surface area contributed by atoms with Gasteiger partial charge >= 0.3 is 0 Å². The zero-order valence-corrected chi connectivity index (χ0v) is 17.0. The molecule has 3 saturated heterocycles. The van der Waals surface area contributed by atoms with E-state index in [-0.39, 0.29) is 5.91 Å². The van der Waals surface area contributed by atoms with Crippen LogP contribution in [0.4, 0.5) is 5.82 Å². The van der Waals surface area contributed by atoms with Crippen molar-refractivity contribution in [3.05, 3.63) is 48.4 Å². The fourth-order valence-electron chi connectivity index (χ4n) is 5.27. The molecule has 7 heteroatoms. The minimum Gasteiger partial charge on any atom is -0.354 e. The summed E-state index contributed by atoms with van der Waals surface area (Å²) in [6.07, 6.45) is 8.97. The fourth-order valence-corrected chi connectivity index (χ4v) is 5.27. The van der Waals surface area contributed by atoms with Crippen LogP contribution in [-0.4, -0.2) is 57.4 Å². The van der Waals surface area contributed by atoms with Crippen molar-refractivity contribution < 1.29 is 4.79 Å². The van der Waals surface area contributed by atoms with Crippen molar-refractivity contribution in [1.29, 1.82) is 0 Å².